The van der Waals surface area contributed by atoms with Crippen LogP contribution in [0.25, 0.3) is 0 Å². The number of unbranched alkanes of at least 4 members (excludes halogenated alkanes) is 2. The Morgan fingerprint density at radius 1 is 1.30 bits per heavy atom. The fourth-order valence-electron chi connectivity index (χ4n) is 1.77. The van der Waals surface area contributed by atoms with Crippen molar-refractivity contribution in [2.45, 2.75) is 31.1 Å². The van der Waals surface area contributed by atoms with Crippen LogP contribution in [0.1, 0.15) is 30.4 Å². The van der Waals surface area contributed by atoms with Crippen molar-refractivity contribution in [1.29, 1.82) is 5.26 Å². The molecule has 20 heavy (non-hydrogen) atoms. The van der Waals surface area contributed by atoms with E-state index in [2.05, 4.69) is 11.0 Å². The maximum atomic E-state index is 12.1. The summed E-state index contributed by atoms with van der Waals surface area (Å²) in [6.07, 6.45) is 5.04. The van der Waals surface area contributed by atoms with Crippen LogP contribution < -0.4 is 4.72 Å². The van der Waals surface area contributed by atoms with Gasteiger partial charge in [-0.15, -0.1) is 0 Å². The first kappa shape index (κ1) is 17.0. The molecule has 0 fully saturated rings. The Morgan fingerprint density at radius 3 is 2.65 bits per heavy atom. The lowest BCUT2D eigenvalue weighted by molar-refractivity contribution is 0.576. The third-order valence-corrected chi connectivity index (χ3v) is 5.10. The molecular formula is C14H20N2O2S2. The minimum Gasteiger partial charge on any atom is -0.211 e. The molecule has 0 unspecified atom stereocenters. The van der Waals surface area contributed by atoms with Crippen molar-refractivity contribution in [3.05, 3.63) is 29.3 Å². The molecule has 110 valence electrons. The van der Waals surface area contributed by atoms with Gasteiger partial charge in [0.15, 0.2) is 0 Å². The summed E-state index contributed by atoms with van der Waals surface area (Å²) in [5.74, 6) is 1.11. The molecule has 0 aliphatic rings. The van der Waals surface area contributed by atoms with E-state index in [1.807, 2.05) is 6.07 Å². The molecule has 1 aromatic rings. The Kier molecular flexibility index (Phi) is 7.06. The van der Waals surface area contributed by atoms with Crippen molar-refractivity contribution in [1.82, 2.24) is 4.72 Å². The van der Waals surface area contributed by atoms with Crippen molar-refractivity contribution in [2.75, 3.05) is 18.6 Å². The molecule has 0 aliphatic heterocycles. The number of hydrogen-bond acceptors (Lipinski definition) is 4. The molecule has 0 radical (unpaired) electrons. The van der Waals surface area contributed by atoms with Crippen molar-refractivity contribution in [2.24, 2.45) is 0 Å². The molecule has 1 N–H and O–H groups in total. The number of aryl methyl sites for hydroxylation is 1. The monoisotopic (exact) mass is 312 g/mol. The van der Waals surface area contributed by atoms with E-state index >= 15 is 0 Å². The molecule has 0 spiro atoms. The lowest BCUT2D eigenvalue weighted by Crippen LogP contribution is -2.24. The summed E-state index contributed by atoms with van der Waals surface area (Å²) in [5, 5.41) is 8.84. The number of hydrogen-bond donors (Lipinski definition) is 1. The third-order valence-electron chi connectivity index (χ3n) is 2.95. The van der Waals surface area contributed by atoms with Crippen LogP contribution in [0.4, 0.5) is 0 Å². The van der Waals surface area contributed by atoms with Gasteiger partial charge in [-0.05, 0) is 55.5 Å². The van der Waals surface area contributed by atoms with E-state index in [4.69, 9.17) is 5.26 Å². The topological polar surface area (TPSA) is 70.0 Å². The Labute approximate surface area is 125 Å². The molecule has 0 amide bonds. The number of nitrogens with zero attached hydrogens (tertiary/aromatic N) is 1. The number of nitriles is 1. The van der Waals surface area contributed by atoms with Gasteiger partial charge in [-0.3, -0.25) is 0 Å². The van der Waals surface area contributed by atoms with E-state index in [1.54, 1.807) is 24.8 Å². The minimum atomic E-state index is -3.47. The zero-order chi connectivity index (χ0) is 15.0. The Bertz CT molecular complexity index is 577. The molecule has 4 nitrogen and oxygen atoms in total. The van der Waals surface area contributed by atoms with Gasteiger partial charge in [0.2, 0.25) is 10.0 Å². The van der Waals surface area contributed by atoms with Gasteiger partial charge in [-0.25, -0.2) is 13.1 Å². The standard InChI is InChI=1S/C14H20N2O2S2/c1-12-10-14(7-6-13(12)11-15)20(17,18)16-8-4-3-5-9-19-2/h6-7,10,16H,3-5,8-9H2,1-2H3. The SMILES string of the molecule is CSCCCCCNS(=O)(=O)c1ccc(C#N)c(C)c1. The van der Waals surface area contributed by atoms with E-state index in [-0.39, 0.29) is 4.90 Å². The van der Waals surface area contributed by atoms with E-state index in [1.165, 1.54) is 12.1 Å². The summed E-state index contributed by atoms with van der Waals surface area (Å²) in [6.45, 7) is 2.19. The van der Waals surface area contributed by atoms with Gasteiger partial charge in [-0.2, -0.15) is 17.0 Å². The summed E-state index contributed by atoms with van der Waals surface area (Å²) < 4.78 is 26.7. The predicted molar refractivity (Wildman–Crippen MR) is 83.3 cm³/mol. The van der Waals surface area contributed by atoms with E-state index < -0.39 is 10.0 Å². The van der Waals surface area contributed by atoms with Gasteiger partial charge in [0.25, 0.3) is 0 Å². The van der Waals surface area contributed by atoms with Crippen molar-refractivity contribution >= 4 is 21.8 Å². The van der Waals surface area contributed by atoms with Crippen molar-refractivity contribution < 1.29 is 8.42 Å². The Balaban J connectivity index is 2.57. The molecule has 0 saturated heterocycles. The zero-order valence-electron chi connectivity index (χ0n) is 11.8. The molecule has 0 atom stereocenters. The van der Waals surface area contributed by atoms with Gasteiger partial charge < -0.3 is 0 Å². The number of benzene rings is 1. The van der Waals surface area contributed by atoms with Crippen molar-refractivity contribution in [3.8, 4) is 6.07 Å². The van der Waals surface area contributed by atoms with Gasteiger partial charge in [0, 0.05) is 6.54 Å². The van der Waals surface area contributed by atoms with Crippen LogP contribution >= 0.6 is 11.8 Å². The highest BCUT2D eigenvalue weighted by Crippen LogP contribution is 2.14. The fraction of sp³-hybridized carbons (Fsp3) is 0.500. The maximum Gasteiger partial charge on any atom is 0.240 e. The second-order valence-corrected chi connectivity index (χ2v) is 7.29. The quantitative estimate of drug-likeness (QED) is 0.749. The summed E-state index contributed by atoms with van der Waals surface area (Å²) in [7, 11) is -3.47. The number of rotatable bonds is 8. The highest BCUT2D eigenvalue weighted by atomic mass is 32.2. The first-order chi connectivity index (χ1) is 9.51. The van der Waals surface area contributed by atoms with Crippen LogP contribution in [-0.4, -0.2) is 27.0 Å². The Morgan fingerprint density at radius 2 is 2.05 bits per heavy atom. The van der Waals surface area contributed by atoms with E-state index in [0.717, 1.165) is 25.0 Å². The van der Waals surface area contributed by atoms with E-state index in [9.17, 15) is 8.42 Å². The average Bonchev–Trinajstić information content (AvgIpc) is 2.42. The summed E-state index contributed by atoms with van der Waals surface area (Å²) >= 11 is 1.80. The van der Waals surface area contributed by atoms with Gasteiger partial charge in [0.1, 0.15) is 0 Å². The molecule has 0 aliphatic carbocycles. The molecule has 1 aromatic carbocycles. The van der Waals surface area contributed by atoms with Crippen LogP contribution in [-0.2, 0) is 10.0 Å². The zero-order valence-corrected chi connectivity index (χ0v) is 13.5. The molecule has 6 heteroatoms. The first-order valence-corrected chi connectivity index (χ1v) is 9.38. The highest BCUT2D eigenvalue weighted by Gasteiger charge is 2.14. The number of nitrogens with one attached hydrogen (secondary N) is 1. The smallest absolute Gasteiger partial charge is 0.211 e. The summed E-state index contributed by atoms with van der Waals surface area (Å²) in [5.41, 5.74) is 1.18. The number of sulfonamides is 1. The van der Waals surface area contributed by atoms with Gasteiger partial charge >= 0.3 is 0 Å². The maximum absolute atomic E-state index is 12.1. The largest absolute Gasteiger partial charge is 0.240 e. The predicted octanol–water partition coefficient (Wildman–Crippen LogP) is 2.68. The molecule has 0 heterocycles. The van der Waals surface area contributed by atoms with Crippen molar-refractivity contribution in [3.63, 3.8) is 0 Å². The second kappa shape index (κ2) is 8.30. The lowest BCUT2D eigenvalue weighted by Gasteiger charge is -2.08. The first-order valence-electron chi connectivity index (χ1n) is 6.50. The van der Waals surface area contributed by atoms with E-state index in [0.29, 0.717) is 17.7 Å². The summed E-state index contributed by atoms with van der Waals surface area (Å²) in [6, 6.07) is 6.58. The van der Waals surface area contributed by atoms with Gasteiger partial charge in [-0.1, -0.05) is 6.42 Å². The second-order valence-electron chi connectivity index (χ2n) is 4.54. The lowest BCUT2D eigenvalue weighted by atomic mass is 10.1. The normalized spacial score (nSPS) is 11.2. The fourth-order valence-corrected chi connectivity index (χ4v) is 3.42. The van der Waals surface area contributed by atoms with Crippen LogP contribution in [0, 0.1) is 18.3 Å². The van der Waals surface area contributed by atoms with Crippen LogP contribution in [0.3, 0.4) is 0 Å². The molecule has 0 aromatic heterocycles. The minimum absolute atomic E-state index is 0.220. The summed E-state index contributed by atoms with van der Waals surface area (Å²) in [4.78, 5) is 0.220. The number of thioether (sulfide) groups is 1. The highest BCUT2D eigenvalue weighted by molar-refractivity contribution is 7.98. The van der Waals surface area contributed by atoms with Crippen LogP contribution in [0.15, 0.2) is 23.1 Å². The van der Waals surface area contributed by atoms with Crippen LogP contribution in [0.2, 0.25) is 0 Å². The van der Waals surface area contributed by atoms with Gasteiger partial charge in [0.05, 0.1) is 16.5 Å². The Hall–Kier alpha value is -1.03. The average molecular weight is 312 g/mol. The molecule has 0 saturated carbocycles. The molecular weight excluding hydrogens is 292 g/mol. The van der Waals surface area contributed by atoms with Crippen LogP contribution in [0.5, 0.6) is 0 Å². The third kappa shape index (κ3) is 5.16. The molecule has 1 rings (SSSR count). The molecule has 0 bridgehead atoms.